The number of aromatic hydroxyl groups is 1. The van der Waals surface area contributed by atoms with Crippen molar-refractivity contribution in [2.45, 2.75) is 13.3 Å². The number of hydrogen-bond donors (Lipinski definition) is 2. The maximum Gasteiger partial charge on any atom is 0.315 e. The molecule has 1 aromatic carbocycles. The van der Waals surface area contributed by atoms with Crippen molar-refractivity contribution in [3.8, 4) is 5.75 Å². The number of phenolic OH excluding ortho intramolecular Hbond substituents is 1. The van der Waals surface area contributed by atoms with E-state index in [2.05, 4.69) is 15.3 Å². The molecule has 0 aliphatic carbocycles. The monoisotopic (exact) mass is 250 g/mol. The third-order valence-corrected chi connectivity index (χ3v) is 1.94. The molecule has 2 N–H and O–H groups in total. The van der Waals surface area contributed by atoms with Gasteiger partial charge in [-0.2, -0.15) is 5.10 Å². The minimum atomic E-state index is -0.604. The van der Waals surface area contributed by atoms with Crippen molar-refractivity contribution in [1.82, 2.24) is 5.43 Å². The number of rotatable bonds is 5. The van der Waals surface area contributed by atoms with Crippen LogP contribution in [0.15, 0.2) is 29.4 Å². The molecule has 0 saturated carbocycles. The van der Waals surface area contributed by atoms with Crippen LogP contribution >= 0.6 is 0 Å². The summed E-state index contributed by atoms with van der Waals surface area (Å²) in [6.45, 7) is 1.89. The van der Waals surface area contributed by atoms with Crippen molar-refractivity contribution in [2.75, 3.05) is 6.61 Å². The predicted molar refractivity (Wildman–Crippen MR) is 65.1 cm³/mol. The molecule has 0 atom stereocenters. The van der Waals surface area contributed by atoms with Crippen LogP contribution in [0.5, 0.6) is 5.75 Å². The maximum atomic E-state index is 11.2. The number of carbonyl (C=O) groups excluding carboxylic acids is 2. The summed E-state index contributed by atoms with van der Waals surface area (Å²) >= 11 is 0. The van der Waals surface area contributed by atoms with Gasteiger partial charge in [0.15, 0.2) is 0 Å². The third-order valence-electron chi connectivity index (χ3n) is 1.94. The molecule has 1 amide bonds. The van der Waals surface area contributed by atoms with Gasteiger partial charge < -0.3 is 9.84 Å². The van der Waals surface area contributed by atoms with E-state index < -0.39 is 11.9 Å². The summed E-state index contributed by atoms with van der Waals surface area (Å²) in [5, 5.41) is 13.0. The number of ether oxygens (including phenoxy) is 1. The van der Waals surface area contributed by atoms with Crippen molar-refractivity contribution < 1.29 is 19.4 Å². The topological polar surface area (TPSA) is 88.0 Å². The smallest absolute Gasteiger partial charge is 0.315 e. The highest BCUT2D eigenvalue weighted by Gasteiger charge is 2.08. The summed E-state index contributed by atoms with van der Waals surface area (Å²) in [6, 6.07) is 6.53. The Labute approximate surface area is 104 Å². The molecule has 0 bridgehead atoms. The van der Waals surface area contributed by atoms with Gasteiger partial charge in [0, 0.05) is 5.56 Å². The molecule has 0 radical (unpaired) electrons. The molecule has 0 heterocycles. The Kier molecular flexibility index (Phi) is 5.37. The standard InChI is InChI=1S/C12H14N2O4/c1-2-18-12(17)7-11(16)14-13-8-9-5-3-4-6-10(9)15/h3-6,8,15H,2,7H2,1H3,(H,14,16)/b13-8+. The van der Waals surface area contributed by atoms with Crippen LogP contribution in [0.2, 0.25) is 0 Å². The number of nitrogens with one attached hydrogen (secondary N) is 1. The minimum Gasteiger partial charge on any atom is -0.507 e. The molecular formula is C12H14N2O4. The number of esters is 1. The Morgan fingerprint density at radius 3 is 2.83 bits per heavy atom. The van der Waals surface area contributed by atoms with Crippen molar-refractivity contribution in [1.29, 1.82) is 0 Å². The lowest BCUT2D eigenvalue weighted by molar-refractivity contribution is -0.145. The largest absolute Gasteiger partial charge is 0.507 e. The fraction of sp³-hybridized carbons (Fsp3) is 0.250. The highest BCUT2D eigenvalue weighted by molar-refractivity contribution is 5.94. The van der Waals surface area contributed by atoms with E-state index in [0.29, 0.717) is 5.56 Å². The van der Waals surface area contributed by atoms with Gasteiger partial charge in [0.1, 0.15) is 12.2 Å². The summed E-state index contributed by atoms with van der Waals surface area (Å²) in [5.41, 5.74) is 2.63. The van der Waals surface area contributed by atoms with E-state index in [1.54, 1.807) is 25.1 Å². The average Bonchev–Trinajstić information content (AvgIpc) is 2.31. The molecule has 18 heavy (non-hydrogen) atoms. The first-order valence-electron chi connectivity index (χ1n) is 5.39. The fourth-order valence-corrected chi connectivity index (χ4v) is 1.15. The van der Waals surface area contributed by atoms with E-state index in [1.165, 1.54) is 12.3 Å². The molecule has 0 aliphatic rings. The van der Waals surface area contributed by atoms with E-state index >= 15 is 0 Å². The lowest BCUT2D eigenvalue weighted by Gasteiger charge is -2.00. The number of phenols is 1. The van der Waals surface area contributed by atoms with E-state index in [-0.39, 0.29) is 18.8 Å². The quantitative estimate of drug-likeness (QED) is 0.350. The SMILES string of the molecule is CCOC(=O)CC(=O)N/N=C/c1ccccc1O. The maximum absolute atomic E-state index is 11.2. The average molecular weight is 250 g/mol. The van der Waals surface area contributed by atoms with Crippen LogP contribution in [0.1, 0.15) is 18.9 Å². The van der Waals surface area contributed by atoms with Gasteiger partial charge in [-0.1, -0.05) is 12.1 Å². The second-order valence-corrected chi connectivity index (χ2v) is 3.33. The van der Waals surface area contributed by atoms with Crippen LogP contribution in [-0.4, -0.2) is 29.8 Å². The molecule has 1 rings (SSSR count). The van der Waals surface area contributed by atoms with E-state index in [0.717, 1.165) is 0 Å². The highest BCUT2D eigenvalue weighted by Crippen LogP contribution is 2.12. The van der Waals surface area contributed by atoms with Crippen molar-refractivity contribution in [3.05, 3.63) is 29.8 Å². The van der Waals surface area contributed by atoms with Crippen molar-refractivity contribution in [2.24, 2.45) is 5.10 Å². The van der Waals surface area contributed by atoms with Crippen LogP contribution < -0.4 is 5.43 Å². The molecule has 0 spiro atoms. The molecule has 0 aliphatic heterocycles. The molecule has 1 aromatic rings. The number of hydrazone groups is 1. The molecule has 96 valence electrons. The first kappa shape index (κ1) is 13.7. The van der Waals surface area contributed by atoms with Crippen LogP contribution in [0.3, 0.4) is 0 Å². The predicted octanol–water partition coefficient (Wildman–Crippen LogP) is 0.795. The zero-order valence-electron chi connectivity index (χ0n) is 9.92. The number of nitrogens with zero attached hydrogens (tertiary/aromatic N) is 1. The van der Waals surface area contributed by atoms with Crippen LogP contribution in [0.4, 0.5) is 0 Å². The summed E-state index contributed by atoms with van der Waals surface area (Å²) in [6.07, 6.45) is 0.907. The molecule has 0 fully saturated rings. The Morgan fingerprint density at radius 2 is 2.17 bits per heavy atom. The Morgan fingerprint density at radius 1 is 1.44 bits per heavy atom. The van der Waals surface area contributed by atoms with E-state index in [4.69, 9.17) is 0 Å². The number of benzene rings is 1. The van der Waals surface area contributed by atoms with Gasteiger partial charge in [-0.15, -0.1) is 0 Å². The normalized spacial score (nSPS) is 10.3. The molecule has 6 heteroatoms. The minimum absolute atomic E-state index is 0.0564. The van der Waals surface area contributed by atoms with E-state index in [9.17, 15) is 14.7 Å². The highest BCUT2D eigenvalue weighted by atomic mass is 16.5. The van der Waals surface area contributed by atoms with Gasteiger partial charge in [0.05, 0.1) is 12.8 Å². The number of amides is 1. The van der Waals surface area contributed by atoms with Crippen LogP contribution in [-0.2, 0) is 14.3 Å². The molecule has 6 nitrogen and oxygen atoms in total. The van der Waals surface area contributed by atoms with Crippen LogP contribution in [0, 0.1) is 0 Å². The van der Waals surface area contributed by atoms with Gasteiger partial charge in [-0.25, -0.2) is 5.43 Å². The van der Waals surface area contributed by atoms with Gasteiger partial charge in [0.25, 0.3) is 5.91 Å². The third kappa shape index (κ3) is 4.65. The summed E-state index contributed by atoms with van der Waals surface area (Å²) < 4.78 is 4.60. The van der Waals surface area contributed by atoms with E-state index in [1.807, 2.05) is 0 Å². The second-order valence-electron chi connectivity index (χ2n) is 3.33. The van der Waals surface area contributed by atoms with Gasteiger partial charge in [-0.3, -0.25) is 9.59 Å². The number of hydrogen-bond acceptors (Lipinski definition) is 5. The Bertz CT molecular complexity index is 457. The zero-order chi connectivity index (χ0) is 13.4. The first-order valence-corrected chi connectivity index (χ1v) is 5.39. The van der Waals surface area contributed by atoms with Gasteiger partial charge >= 0.3 is 5.97 Å². The van der Waals surface area contributed by atoms with Crippen LogP contribution in [0.25, 0.3) is 0 Å². The van der Waals surface area contributed by atoms with Gasteiger partial charge in [-0.05, 0) is 19.1 Å². The molecule has 0 aromatic heterocycles. The van der Waals surface area contributed by atoms with Crippen molar-refractivity contribution in [3.63, 3.8) is 0 Å². The van der Waals surface area contributed by atoms with Crippen molar-refractivity contribution >= 4 is 18.1 Å². The molecular weight excluding hydrogens is 236 g/mol. The molecule has 0 unspecified atom stereocenters. The summed E-state index contributed by atoms with van der Waals surface area (Å²) in [7, 11) is 0. The first-order chi connectivity index (χ1) is 8.63. The Hall–Kier alpha value is -2.37. The molecule has 0 saturated heterocycles. The zero-order valence-corrected chi connectivity index (χ0v) is 9.92. The number of carbonyl (C=O) groups is 2. The van der Waals surface area contributed by atoms with Gasteiger partial charge in [0.2, 0.25) is 0 Å². The number of para-hydroxylation sites is 1. The lowest BCUT2D eigenvalue weighted by Crippen LogP contribution is -2.22. The fourth-order valence-electron chi connectivity index (χ4n) is 1.15. The Balaban J connectivity index is 2.43. The summed E-state index contributed by atoms with van der Waals surface area (Å²) in [5.74, 6) is -1.12. The summed E-state index contributed by atoms with van der Waals surface area (Å²) in [4.78, 5) is 22.2. The second kappa shape index (κ2) is 7.05. The lowest BCUT2D eigenvalue weighted by atomic mass is 10.2.